The Balaban J connectivity index is 1.84. The zero-order valence-electron chi connectivity index (χ0n) is 9.25. The number of anilines is 1. The summed E-state index contributed by atoms with van der Waals surface area (Å²) < 4.78 is 14.8. The van der Waals surface area contributed by atoms with Crippen molar-refractivity contribution in [2.24, 2.45) is 11.7 Å². The summed E-state index contributed by atoms with van der Waals surface area (Å²) >= 11 is 0. The number of rotatable bonds is 3. The van der Waals surface area contributed by atoms with E-state index in [1.807, 2.05) is 18.2 Å². The number of alkyl halides is 1. The molecular formula is C13H17FN2. The molecule has 3 rings (SSSR count). The molecule has 3 heteroatoms. The normalized spacial score (nSPS) is 27.0. The van der Waals surface area contributed by atoms with Crippen LogP contribution < -0.4 is 11.1 Å². The van der Waals surface area contributed by atoms with Gasteiger partial charge in [0.05, 0.1) is 6.04 Å². The van der Waals surface area contributed by atoms with Crippen LogP contribution in [0.25, 0.3) is 0 Å². The molecule has 1 aromatic carbocycles. The first-order valence-electron chi connectivity index (χ1n) is 5.97. The minimum absolute atomic E-state index is 0.128. The molecule has 0 aromatic heterocycles. The monoisotopic (exact) mass is 220 g/mol. The van der Waals surface area contributed by atoms with E-state index < -0.39 is 5.67 Å². The molecule has 0 bridgehead atoms. The number of benzene rings is 1. The molecule has 1 fully saturated rings. The smallest absolute Gasteiger partial charge is 0.146 e. The molecule has 1 aliphatic heterocycles. The van der Waals surface area contributed by atoms with Crippen LogP contribution in [0.3, 0.4) is 0 Å². The molecule has 16 heavy (non-hydrogen) atoms. The number of hydrogen-bond donors (Lipinski definition) is 2. The van der Waals surface area contributed by atoms with Crippen LogP contribution >= 0.6 is 0 Å². The number of halogens is 1. The van der Waals surface area contributed by atoms with E-state index in [1.54, 1.807) is 0 Å². The highest BCUT2D eigenvalue weighted by Crippen LogP contribution is 2.46. The lowest BCUT2D eigenvalue weighted by Gasteiger charge is -2.30. The van der Waals surface area contributed by atoms with Crippen molar-refractivity contribution in [3.63, 3.8) is 0 Å². The van der Waals surface area contributed by atoms with Gasteiger partial charge in [0.25, 0.3) is 0 Å². The molecule has 0 amide bonds. The van der Waals surface area contributed by atoms with E-state index in [2.05, 4.69) is 11.4 Å². The number of fused-ring (bicyclic) bond motifs is 1. The van der Waals surface area contributed by atoms with E-state index >= 15 is 0 Å². The molecule has 1 saturated carbocycles. The molecule has 3 N–H and O–H groups in total. The largest absolute Gasteiger partial charge is 0.378 e. The highest BCUT2D eigenvalue weighted by molar-refractivity contribution is 5.57. The fraction of sp³-hybridized carbons (Fsp3) is 0.538. The summed E-state index contributed by atoms with van der Waals surface area (Å²) in [5.41, 5.74) is 6.71. The minimum atomic E-state index is -1.22. The lowest BCUT2D eigenvalue weighted by molar-refractivity contribution is 0.118. The third kappa shape index (κ3) is 1.42. The van der Waals surface area contributed by atoms with Crippen molar-refractivity contribution in [3.05, 3.63) is 29.8 Å². The molecule has 1 aromatic rings. The Labute approximate surface area is 95.0 Å². The van der Waals surface area contributed by atoms with Crippen LogP contribution in [-0.2, 0) is 6.42 Å². The molecule has 1 heterocycles. The maximum absolute atomic E-state index is 14.8. The molecule has 2 atom stereocenters. The van der Waals surface area contributed by atoms with Gasteiger partial charge in [0, 0.05) is 12.2 Å². The van der Waals surface area contributed by atoms with Crippen LogP contribution in [0.1, 0.15) is 18.4 Å². The second kappa shape index (κ2) is 3.45. The van der Waals surface area contributed by atoms with Gasteiger partial charge < -0.3 is 11.1 Å². The van der Waals surface area contributed by atoms with Gasteiger partial charge in [-0.15, -0.1) is 0 Å². The van der Waals surface area contributed by atoms with Gasteiger partial charge in [-0.05, 0) is 36.8 Å². The highest BCUT2D eigenvalue weighted by atomic mass is 19.1. The molecular weight excluding hydrogens is 203 g/mol. The summed E-state index contributed by atoms with van der Waals surface area (Å²) in [6.45, 7) is 0.128. The second-order valence-corrected chi connectivity index (χ2v) is 4.96. The molecule has 2 nitrogen and oxygen atoms in total. The van der Waals surface area contributed by atoms with E-state index in [-0.39, 0.29) is 18.5 Å². The summed E-state index contributed by atoms with van der Waals surface area (Å²) in [5, 5.41) is 3.29. The van der Waals surface area contributed by atoms with Crippen molar-refractivity contribution in [1.29, 1.82) is 0 Å². The standard InChI is InChI=1S/C13H17FN2/c14-13(8-15,10-5-6-10)12-7-9-3-1-2-4-11(9)16-12/h1-4,10,12,16H,5-8,15H2. The first-order chi connectivity index (χ1) is 7.74. The summed E-state index contributed by atoms with van der Waals surface area (Å²) in [4.78, 5) is 0. The Morgan fingerprint density at radius 2 is 2.12 bits per heavy atom. The van der Waals surface area contributed by atoms with E-state index in [1.165, 1.54) is 5.56 Å². The SMILES string of the molecule is NCC(F)(C1CC1)C1Cc2ccccc2N1. The Kier molecular flexibility index (Phi) is 2.18. The number of hydrogen-bond acceptors (Lipinski definition) is 2. The molecule has 1 aliphatic carbocycles. The zero-order valence-corrected chi connectivity index (χ0v) is 9.25. The molecule has 86 valence electrons. The van der Waals surface area contributed by atoms with Crippen molar-refractivity contribution in [3.8, 4) is 0 Å². The Hall–Kier alpha value is -1.09. The average Bonchev–Trinajstić information content (AvgIpc) is 3.07. The van der Waals surface area contributed by atoms with E-state index in [4.69, 9.17) is 5.73 Å². The van der Waals surface area contributed by atoms with Crippen molar-refractivity contribution < 1.29 is 4.39 Å². The summed E-state index contributed by atoms with van der Waals surface area (Å²) in [5.74, 6) is 0.171. The first kappa shape index (κ1) is 10.1. The number of para-hydroxylation sites is 1. The Morgan fingerprint density at radius 3 is 2.75 bits per heavy atom. The van der Waals surface area contributed by atoms with Crippen LogP contribution in [0, 0.1) is 5.92 Å². The lowest BCUT2D eigenvalue weighted by Crippen LogP contribution is -2.49. The fourth-order valence-electron chi connectivity index (χ4n) is 2.74. The molecule has 2 unspecified atom stereocenters. The van der Waals surface area contributed by atoms with Crippen LogP contribution in [0.5, 0.6) is 0 Å². The average molecular weight is 220 g/mol. The van der Waals surface area contributed by atoms with Crippen molar-refractivity contribution >= 4 is 5.69 Å². The van der Waals surface area contributed by atoms with E-state index in [0.29, 0.717) is 0 Å². The third-order valence-electron chi connectivity index (χ3n) is 3.92. The predicted octanol–water partition coefficient (Wildman–Crippen LogP) is 2.10. The molecule has 2 aliphatic rings. The van der Waals surface area contributed by atoms with Gasteiger partial charge in [0.1, 0.15) is 5.67 Å². The van der Waals surface area contributed by atoms with Gasteiger partial charge in [0.15, 0.2) is 0 Å². The molecule has 0 saturated heterocycles. The maximum Gasteiger partial charge on any atom is 0.146 e. The first-order valence-corrected chi connectivity index (χ1v) is 5.97. The van der Waals surface area contributed by atoms with Crippen LogP contribution in [0.15, 0.2) is 24.3 Å². The second-order valence-electron chi connectivity index (χ2n) is 4.96. The number of nitrogens with one attached hydrogen (secondary N) is 1. The van der Waals surface area contributed by atoms with Gasteiger partial charge in [-0.2, -0.15) is 0 Å². The lowest BCUT2D eigenvalue weighted by atomic mass is 9.89. The van der Waals surface area contributed by atoms with Crippen LogP contribution in [0.2, 0.25) is 0 Å². The third-order valence-corrected chi connectivity index (χ3v) is 3.92. The topological polar surface area (TPSA) is 38.0 Å². The highest BCUT2D eigenvalue weighted by Gasteiger charge is 2.51. The maximum atomic E-state index is 14.8. The van der Waals surface area contributed by atoms with Crippen molar-refractivity contribution in [1.82, 2.24) is 0 Å². The fourth-order valence-corrected chi connectivity index (χ4v) is 2.74. The van der Waals surface area contributed by atoms with Gasteiger partial charge in [-0.1, -0.05) is 18.2 Å². The number of nitrogens with two attached hydrogens (primary N) is 1. The van der Waals surface area contributed by atoms with Gasteiger partial charge in [-0.25, -0.2) is 4.39 Å². The van der Waals surface area contributed by atoms with Crippen LogP contribution in [0.4, 0.5) is 10.1 Å². The summed E-state index contributed by atoms with van der Waals surface area (Å²) in [6.07, 6.45) is 2.74. The quantitative estimate of drug-likeness (QED) is 0.818. The Morgan fingerprint density at radius 1 is 1.38 bits per heavy atom. The minimum Gasteiger partial charge on any atom is -0.378 e. The van der Waals surface area contributed by atoms with Gasteiger partial charge >= 0.3 is 0 Å². The van der Waals surface area contributed by atoms with Crippen molar-refractivity contribution in [2.75, 3.05) is 11.9 Å². The van der Waals surface area contributed by atoms with Crippen LogP contribution in [-0.4, -0.2) is 18.3 Å². The van der Waals surface area contributed by atoms with Gasteiger partial charge in [0.2, 0.25) is 0 Å². The summed E-state index contributed by atoms with van der Waals surface area (Å²) in [7, 11) is 0. The zero-order chi connectivity index (χ0) is 11.2. The van der Waals surface area contributed by atoms with E-state index in [9.17, 15) is 4.39 Å². The molecule has 0 spiro atoms. The summed E-state index contributed by atoms with van der Waals surface area (Å²) in [6, 6.07) is 7.92. The van der Waals surface area contributed by atoms with E-state index in [0.717, 1.165) is 24.9 Å². The Bertz CT molecular complexity index is 378. The van der Waals surface area contributed by atoms with Crippen molar-refractivity contribution in [2.45, 2.75) is 31.0 Å². The molecule has 0 radical (unpaired) electrons. The van der Waals surface area contributed by atoms with Gasteiger partial charge in [-0.3, -0.25) is 0 Å². The predicted molar refractivity (Wildman–Crippen MR) is 63.2 cm³/mol.